The zero-order valence-corrected chi connectivity index (χ0v) is 15.8. The molecule has 126 valence electrons. The molecule has 0 aliphatic carbocycles. The third-order valence-corrected chi connectivity index (χ3v) is 4.81. The Labute approximate surface area is 146 Å². The lowest BCUT2D eigenvalue weighted by molar-refractivity contribution is 0.799. The number of benzene rings is 2. The summed E-state index contributed by atoms with van der Waals surface area (Å²) >= 11 is 0. The van der Waals surface area contributed by atoms with Gasteiger partial charge in [-0.15, -0.1) is 0 Å². The van der Waals surface area contributed by atoms with Gasteiger partial charge in [-0.05, 0) is 69.9 Å². The van der Waals surface area contributed by atoms with Gasteiger partial charge in [0.1, 0.15) is 0 Å². The molecule has 0 spiro atoms. The Morgan fingerprint density at radius 3 is 1.62 bits per heavy atom. The van der Waals surface area contributed by atoms with E-state index in [1.165, 1.54) is 44.8 Å². The van der Waals surface area contributed by atoms with E-state index in [9.17, 15) is 0 Å². The normalized spacial score (nSPS) is 14.4. The highest BCUT2D eigenvalue weighted by Gasteiger charge is 2.20. The molecule has 2 aromatic rings. The van der Waals surface area contributed by atoms with Gasteiger partial charge in [0, 0.05) is 24.1 Å². The van der Waals surface area contributed by atoms with Crippen LogP contribution < -0.4 is 9.80 Å². The minimum absolute atomic E-state index is 0.895. The van der Waals surface area contributed by atoms with Crippen LogP contribution in [-0.4, -0.2) is 13.2 Å². The highest BCUT2D eigenvalue weighted by atomic mass is 15.3. The summed E-state index contributed by atoms with van der Waals surface area (Å²) < 4.78 is 0. The molecule has 0 bridgehead atoms. The van der Waals surface area contributed by atoms with Crippen LogP contribution in [0.15, 0.2) is 36.5 Å². The van der Waals surface area contributed by atoms with Gasteiger partial charge in [-0.25, -0.2) is 0 Å². The third-order valence-electron chi connectivity index (χ3n) is 4.81. The van der Waals surface area contributed by atoms with Crippen LogP contribution in [0.5, 0.6) is 0 Å². The Bertz CT molecular complexity index is 756. The predicted molar refractivity (Wildman–Crippen MR) is 105 cm³/mol. The van der Waals surface area contributed by atoms with E-state index in [1.807, 2.05) is 0 Å². The second-order valence-corrected chi connectivity index (χ2v) is 7.21. The molecular weight excluding hydrogens is 292 g/mol. The highest BCUT2D eigenvalue weighted by molar-refractivity contribution is 5.66. The monoisotopic (exact) mass is 320 g/mol. The Kier molecular flexibility index (Phi) is 4.40. The third kappa shape index (κ3) is 3.06. The van der Waals surface area contributed by atoms with Crippen LogP contribution in [0.3, 0.4) is 0 Å². The first-order valence-electron chi connectivity index (χ1n) is 8.71. The fourth-order valence-corrected chi connectivity index (χ4v) is 4.19. The number of rotatable bonds is 2. The first-order chi connectivity index (χ1) is 11.4. The summed E-state index contributed by atoms with van der Waals surface area (Å²) in [6.07, 6.45) is 4.50. The first kappa shape index (κ1) is 16.6. The van der Waals surface area contributed by atoms with E-state index in [2.05, 4.69) is 87.9 Å². The van der Waals surface area contributed by atoms with Crippen molar-refractivity contribution in [1.82, 2.24) is 0 Å². The molecule has 1 heterocycles. The Balaban J connectivity index is 1.97. The minimum atomic E-state index is 0.895. The number of nitrogens with zero attached hydrogens (tertiary/aromatic N) is 2. The molecule has 0 aromatic heterocycles. The van der Waals surface area contributed by atoms with Crippen LogP contribution in [0.4, 0.5) is 11.4 Å². The molecule has 0 fully saturated rings. The molecule has 2 heteroatoms. The van der Waals surface area contributed by atoms with Crippen LogP contribution >= 0.6 is 0 Å². The van der Waals surface area contributed by atoms with Gasteiger partial charge in [-0.1, -0.05) is 35.4 Å². The minimum Gasteiger partial charge on any atom is -0.349 e. The molecule has 0 saturated carbocycles. The molecule has 0 radical (unpaired) electrons. The standard InChI is InChI=1S/C22H28N2/c1-15-10-17(3)21(18(4)11-15)23-8-7-9-24(14-23)22-19(5)12-16(2)13-20(22)6/h7-8,10-13H,9,14H2,1-6H3. The van der Waals surface area contributed by atoms with Crippen LogP contribution in [0.25, 0.3) is 0 Å². The molecule has 0 saturated heterocycles. The van der Waals surface area contributed by atoms with E-state index in [0.717, 1.165) is 13.2 Å². The van der Waals surface area contributed by atoms with E-state index in [1.54, 1.807) is 0 Å². The van der Waals surface area contributed by atoms with Gasteiger partial charge in [-0.2, -0.15) is 0 Å². The summed E-state index contributed by atoms with van der Waals surface area (Å²) in [5, 5.41) is 0. The molecule has 0 amide bonds. The molecule has 1 aliphatic rings. The van der Waals surface area contributed by atoms with Crippen molar-refractivity contribution in [2.24, 2.45) is 0 Å². The lowest BCUT2D eigenvalue weighted by Crippen LogP contribution is -2.40. The second-order valence-electron chi connectivity index (χ2n) is 7.21. The largest absolute Gasteiger partial charge is 0.349 e. The molecule has 1 aliphatic heterocycles. The van der Waals surface area contributed by atoms with Gasteiger partial charge < -0.3 is 9.80 Å². The summed E-state index contributed by atoms with van der Waals surface area (Å²) in [5.41, 5.74) is 10.8. The van der Waals surface area contributed by atoms with Crippen LogP contribution in [0.1, 0.15) is 33.4 Å². The lowest BCUT2D eigenvalue weighted by atomic mass is 10.0. The maximum absolute atomic E-state index is 2.48. The molecule has 3 rings (SSSR count). The molecular formula is C22H28N2. The topological polar surface area (TPSA) is 6.48 Å². The SMILES string of the molecule is Cc1cc(C)c(N2C=CCN(c3c(C)cc(C)cc3C)C2)c(C)c1. The van der Waals surface area contributed by atoms with Crippen molar-refractivity contribution in [2.45, 2.75) is 41.5 Å². The van der Waals surface area contributed by atoms with Crippen molar-refractivity contribution >= 4 is 11.4 Å². The summed E-state index contributed by atoms with van der Waals surface area (Å²) in [6.45, 7) is 15.1. The summed E-state index contributed by atoms with van der Waals surface area (Å²) in [5.74, 6) is 0. The van der Waals surface area contributed by atoms with Crippen molar-refractivity contribution < 1.29 is 0 Å². The smallest absolute Gasteiger partial charge is 0.0949 e. The van der Waals surface area contributed by atoms with Gasteiger partial charge >= 0.3 is 0 Å². The van der Waals surface area contributed by atoms with Gasteiger partial charge in [0.25, 0.3) is 0 Å². The fourth-order valence-electron chi connectivity index (χ4n) is 4.19. The van der Waals surface area contributed by atoms with E-state index in [0.29, 0.717) is 0 Å². The van der Waals surface area contributed by atoms with Gasteiger partial charge in [0.05, 0.1) is 6.67 Å². The molecule has 24 heavy (non-hydrogen) atoms. The molecule has 0 N–H and O–H groups in total. The molecule has 0 unspecified atom stereocenters. The van der Waals surface area contributed by atoms with E-state index < -0.39 is 0 Å². The van der Waals surface area contributed by atoms with Gasteiger partial charge in [-0.3, -0.25) is 0 Å². The summed E-state index contributed by atoms with van der Waals surface area (Å²) in [4.78, 5) is 4.86. The van der Waals surface area contributed by atoms with Crippen LogP contribution in [-0.2, 0) is 0 Å². The summed E-state index contributed by atoms with van der Waals surface area (Å²) in [6, 6.07) is 9.12. The van der Waals surface area contributed by atoms with E-state index >= 15 is 0 Å². The van der Waals surface area contributed by atoms with Gasteiger partial charge in [0.2, 0.25) is 0 Å². The van der Waals surface area contributed by atoms with Crippen molar-refractivity contribution in [1.29, 1.82) is 0 Å². The van der Waals surface area contributed by atoms with Crippen molar-refractivity contribution in [2.75, 3.05) is 23.0 Å². The zero-order chi connectivity index (χ0) is 17.4. The average molecular weight is 320 g/mol. The number of hydrogen-bond donors (Lipinski definition) is 0. The second kappa shape index (κ2) is 6.35. The van der Waals surface area contributed by atoms with Gasteiger partial charge in [0.15, 0.2) is 0 Å². The predicted octanol–water partition coefficient (Wildman–Crippen LogP) is 5.33. The molecule has 2 nitrogen and oxygen atoms in total. The number of aryl methyl sites for hydroxylation is 6. The lowest BCUT2D eigenvalue weighted by Gasteiger charge is -2.37. The number of hydrogen-bond acceptors (Lipinski definition) is 2. The van der Waals surface area contributed by atoms with Crippen molar-refractivity contribution in [3.63, 3.8) is 0 Å². The quantitative estimate of drug-likeness (QED) is 0.737. The van der Waals surface area contributed by atoms with Crippen molar-refractivity contribution in [3.05, 3.63) is 69.9 Å². The summed E-state index contributed by atoms with van der Waals surface area (Å²) in [7, 11) is 0. The Hall–Kier alpha value is -2.22. The zero-order valence-electron chi connectivity index (χ0n) is 15.8. The average Bonchev–Trinajstić information content (AvgIpc) is 2.45. The van der Waals surface area contributed by atoms with Crippen molar-refractivity contribution in [3.8, 4) is 0 Å². The molecule has 0 atom stereocenters. The van der Waals surface area contributed by atoms with Crippen LogP contribution in [0, 0.1) is 41.5 Å². The molecule has 2 aromatic carbocycles. The first-order valence-corrected chi connectivity index (χ1v) is 8.71. The Morgan fingerprint density at radius 1 is 0.667 bits per heavy atom. The van der Waals surface area contributed by atoms with E-state index in [-0.39, 0.29) is 0 Å². The number of anilines is 2. The highest BCUT2D eigenvalue weighted by Crippen LogP contribution is 2.32. The Morgan fingerprint density at radius 2 is 1.12 bits per heavy atom. The van der Waals surface area contributed by atoms with E-state index in [4.69, 9.17) is 0 Å². The van der Waals surface area contributed by atoms with Crippen LogP contribution in [0.2, 0.25) is 0 Å². The maximum atomic E-state index is 2.48. The fraction of sp³-hybridized carbons (Fsp3) is 0.364. The maximum Gasteiger partial charge on any atom is 0.0949 e.